The molecule has 0 unspecified atom stereocenters. The highest BCUT2D eigenvalue weighted by molar-refractivity contribution is 6.35. The van der Waals surface area contributed by atoms with Crippen LogP contribution in [0.4, 0.5) is 0 Å². The minimum Gasteiger partial charge on any atom is -0.104 e. The highest BCUT2D eigenvalue weighted by Gasteiger charge is 1.93. The molecule has 0 heterocycles. The van der Waals surface area contributed by atoms with Crippen molar-refractivity contribution >= 4 is 15.2 Å². The molecule has 0 saturated heterocycles. The molecule has 0 fully saturated rings. The summed E-state index contributed by atoms with van der Waals surface area (Å²) in [6, 6.07) is 0. The Bertz CT molecular complexity index is 71.2. The average Bonchev–Trinajstić information content (AvgIpc) is 2.16. The van der Waals surface area contributed by atoms with Gasteiger partial charge in [-0.05, 0) is 0 Å². The highest BCUT2D eigenvalue weighted by atomic mass is 27.1. The van der Waals surface area contributed by atoms with Gasteiger partial charge in [0.25, 0.3) is 0 Å². The van der Waals surface area contributed by atoms with Gasteiger partial charge in [-0.25, -0.2) is 0 Å². The molecule has 0 aliphatic heterocycles. The minimum atomic E-state index is 0.806. The Balaban J connectivity index is 2.76. The summed E-state index contributed by atoms with van der Waals surface area (Å²) in [6.45, 7) is 4.58. The van der Waals surface area contributed by atoms with E-state index in [1.54, 1.807) is 10.6 Å². The van der Waals surface area contributed by atoms with Gasteiger partial charge in [0.05, 0.1) is 0 Å². The molecule has 0 bridgehead atoms. The van der Waals surface area contributed by atoms with Crippen molar-refractivity contribution in [2.24, 2.45) is 0 Å². The molecule has 1 radical (unpaired) electrons. The Morgan fingerprint density at radius 2 is 1.15 bits per heavy atom. The largest absolute Gasteiger partial charge is 0.199 e. The van der Waals surface area contributed by atoms with Gasteiger partial charge in [0.1, 0.15) is 0 Å². The monoisotopic (exact) mass is 197 g/mol. The predicted molar refractivity (Wildman–Crippen MR) is 63.7 cm³/mol. The molecule has 0 nitrogen and oxygen atoms in total. The maximum atomic E-state index is 2.30. The summed E-state index contributed by atoms with van der Waals surface area (Å²) < 4.78 is 0. The van der Waals surface area contributed by atoms with Crippen molar-refractivity contribution in [1.82, 2.24) is 0 Å². The van der Waals surface area contributed by atoms with Crippen molar-refractivity contribution in [3.8, 4) is 0 Å². The number of unbranched alkanes of at least 4 members (excludes halogenated alkanes) is 6. The zero-order valence-corrected chi connectivity index (χ0v) is 10.8. The molecule has 0 spiro atoms. The van der Waals surface area contributed by atoms with Gasteiger partial charge in [-0.3, -0.25) is 0 Å². The molecule has 0 aromatic carbocycles. The van der Waals surface area contributed by atoms with Gasteiger partial charge >= 0.3 is 0 Å². The molecule has 77 valence electrons. The van der Waals surface area contributed by atoms with E-state index in [4.69, 9.17) is 0 Å². The number of rotatable bonds is 10. The van der Waals surface area contributed by atoms with Gasteiger partial charge in [-0.15, -0.1) is 10.6 Å². The van der Waals surface area contributed by atoms with Crippen molar-refractivity contribution in [1.29, 1.82) is 0 Å². The number of hydrogen-bond acceptors (Lipinski definition) is 0. The Labute approximate surface area is 91.2 Å². The molecule has 13 heavy (non-hydrogen) atoms. The summed E-state index contributed by atoms with van der Waals surface area (Å²) >= 11 is 0.806. The van der Waals surface area contributed by atoms with E-state index in [2.05, 4.69) is 13.8 Å². The summed E-state index contributed by atoms with van der Waals surface area (Å²) in [6.07, 6.45) is 11.7. The molecule has 0 N–H and O–H groups in total. The van der Waals surface area contributed by atoms with Crippen LogP contribution in [0.1, 0.15) is 65.2 Å². The lowest BCUT2D eigenvalue weighted by atomic mass is 10.1. The second-order valence-electron chi connectivity index (χ2n) is 3.99. The normalized spacial score (nSPS) is 10.3. The van der Waals surface area contributed by atoms with Crippen LogP contribution in [0.2, 0.25) is 10.6 Å². The molecule has 0 rings (SSSR count). The quantitative estimate of drug-likeness (QED) is 0.352. The van der Waals surface area contributed by atoms with Gasteiger partial charge in [0, 0.05) is 0 Å². The van der Waals surface area contributed by atoms with Gasteiger partial charge in [-0.2, -0.15) is 0 Å². The second-order valence-corrected chi connectivity index (χ2v) is 5.72. The first kappa shape index (κ1) is 13.5. The lowest BCUT2D eigenvalue weighted by Gasteiger charge is -1.99. The van der Waals surface area contributed by atoms with E-state index in [1.165, 1.54) is 51.4 Å². The Kier molecular flexibility index (Phi) is 13.0. The first-order chi connectivity index (χ1) is 6.41. The van der Waals surface area contributed by atoms with Crippen molar-refractivity contribution in [2.45, 2.75) is 75.8 Å². The summed E-state index contributed by atoms with van der Waals surface area (Å²) in [5, 5.41) is 3.11. The zero-order valence-electron chi connectivity index (χ0n) is 9.65. The molecular formula is C12H26Al. The summed E-state index contributed by atoms with van der Waals surface area (Å²) in [5.74, 6) is 0. The Hall–Kier alpha value is 0.532. The average molecular weight is 197 g/mol. The fraction of sp³-hybridized carbons (Fsp3) is 1.00. The molecule has 0 amide bonds. The molecule has 0 saturated carbocycles. The van der Waals surface area contributed by atoms with Crippen molar-refractivity contribution in [3.05, 3.63) is 0 Å². The summed E-state index contributed by atoms with van der Waals surface area (Å²) in [5.41, 5.74) is 0. The van der Waals surface area contributed by atoms with Crippen LogP contribution in [0.5, 0.6) is 0 Å². The summed E-state index contributed by atoms with van der Waals surface area (Å²) in [7, 11) is 0. The van der Waals surface area contributed by atoms with Gasteiger partial charge in [-0.1, -0.05) is 65.2 Å². The van der Waals surface area contributed by atoms with Crippen LogP contribution in [0.3, 0.4) is 0 Å². The zero-order chi connectivity index (χ0) is 9.78. The van der Waals surface area contributed by atoms with E-state index in [0.29, 0.717) is 0 Å². The standard InChI is InChI=1S/C8H17.C4H9.Al/c1-3-5-7-8-6-4-2;1-3-4-2;/h1,3-8H2,2H3;1,3-4H2,2H3;. The van der Waals surface area contributed by atoms with Crippen LogP contribution >= 0.6 is 0 Å². The first-order valence-corrected chi connectivity index (χ1v) is 7.86. The lowest BCUT2D eigenvalue weighted by molar-refractivity contribution is 0.623. The molecule has 0 aromatic rings. The molecule has 0 aromatic heterocycles. The van der Waals surface area contributed by atoms with E-state index in [-0.39, 0.29) is 0 Å². The predicted octanol–water partition coefficient (Wildman–Crippen LogP) is 4.69. The minimum absolute atomic E-state index is 0.806. The maximum Gasteiger partial charge on any atom is 0.199 e. The van der Waals surface area contributed by atoms with Crippen LogP contribution in [-0.2, 0) is 0 Å². The van der Waals surface area contributed by atoms with Crippen LogP contribution in [0.15, 0.2) is 0 Å². The molecule has 0 atom stereocenters. The van der Waals surface area contributed by atoms with Crippen molar-refractivity contribution in [3.63, 3.8) is 0 Å². The lowest BCUT2D eigenvalue weighted by Crippen LogP contribution is -1.89. The fourth-order valence-corrected chi connectivity index (χ4v) is 3.12. The maximum absolute atomic E-state index is 2.30. The van der Waals surface area contributed by atoms with Crippen LogP contribution < -0.4 is 0 Å². The summed E-state index contributed by atoms with van der Waals surface area (Å²) in [4.78, 5) is 0. The second kappa shape index (κ2) is 12.5. The van der Waals surface area contributed by atoms with Crippen LogP contribution in [0, 0.1) is 0 Å². The Morgan fingerprint density at radius 3 is 1.85 bits per heavy atom. The highest BCUT2D eigenvalue weighted by Crippen LogP contribution is 2.08. The van der Waals surface area contributed by atoms with Crippen LogP contribution in [-0.4, -0.2) is 15.2 Å². The Morgan fingerprint density at radius 1 is 0.615 bits per heavy atom. The molecule has 0 aliphatic rings. The van der Waals surface area contributed by atoms with Crippen molar-refractivity contribution < 1.29 is 0 Å². The van der Waals surface area contributed by atoms with E-state index >= 15 is 0 Å². The third-order valence-electron chi connectivity index (χ3n) is 2.52. The fourth-order valence-electron chi connectivity index (χ4n) is 1.56. The van der Waals surface area contributed by atoms with E-state index in [1.807, 2.05) is 0 Å². The third-order valence-corrected chi connectivity index (χ3v) is 4.16. The van der Waals surface area contributed by atoms with Crippen molar-refractivity contribution in [2.75, 3.05) is 0 Å². The molecule has 1 heteroatoms. The smallest absolute Gasteiger partial charge is 0.104 e. The van der Waals surface area contributed by atoms with Gasteiger partial charge in [0.2, 0.25) is 0 Å². The first-order valence-electron chi connectivity index (χ1n) is 6.23. The SMILES string of the molecule is CCCCCCC[CH2][Al][CH2]CCC. The number of hydrogen-bond donors (Lipinski definition) is 0. The molecule has 0 aliphatic carbocycles. The topological polar surface area (TPSA) is 0 Å². The van der Waals surface area contributed by atoms with E-state index < -0.39 is 0 Å². The molecular weight excluding hydrogens is 171 g/mol. The van der Waals surface area contributed by atoms with Gasteiger partial charge < -0.3 is 0 Å². The third kappa shape index (κ3) is 12.5. The van der Waals surface area contributed by atoms with E-state index in [0.717, 1.165) is 15.2 Å². The van der Waals surface area contributed by atoms with E-state index in [9.17, 15) is 0 Å². The van der Waals surface area contributed by atoms with Crippen LogP contribution in [0.25, 0.3) is 0 Å². The van der Waals surface area contributed by atoms with Gasteiger partial charge in [0.15, 0.2) is 15.2 Å².